The highest BCUT2D eigenvalue weighted by atomic mass is 32.2. The second kappa shape index (κ2) is 7.21. The standard InChI is InChI=1S/C15H23N3O3S/c1-11(19)17-13-6-8-14(9-7-13)22(20,21)18-15-5-3-2-4-12(15)10-16/h6-9,12,15,18H,2-5,10,16H2,1H3,(H,17,19). The Kier molecular flexibility index (Phi) is 5.55. The van der Waals surface area contributed by atoms with Crippen LogP contribution in [-0.2, 0) is 14.8 Å². The van der Waals surface area contributed by atoms with Gasteiger partial charge < -0.3 is 11.1 Å². The minimum Gasteiger partial charge on any atom is -0.330 e. The van der Waals surface area contributed by atoms with Crippen molar-refractivity contribution in [3.63, 3.8) is 0 Å². The Morgan fingerprint density at radius 2 is 1.86 bits per heavy atom. The van der Waals surface area contributed by atoms with Gasteiger partial charge in [-0.25, -0.2) is 13.1 Å². The van der Waals surface area contributed by atoms with Crippen LogP contribution >= 0.6 is 0 Å². The van der Waals surface area contributed by atoms with Gasteiger partial charge >= 0.3 is 0 Å². The Morgan fingerprint density at radius 1 is 1.23 bits per heavy atom. The Morgan fingerprint density at radius 3 is 2.45 bits per heavy atom. The van der Waals surface area contributed by atoms with Crippen LogP contribution < -0.4 is 15.8 Å². The molecule has 7 heteroatoms. The summed E-state index contributed by atoms with van der Waals surface area (Å²) in [6.45, 7) is 1.90. The summed E-state index contributed by atoms with van der Waals surface area (Å²) >= 11 is 0. The van der Waals surface area contributed by atoms with Gasteiger partial charge in [-0.2, -0.15) is 0 Å². The van der Waals surface area contributed by atoms with Crippen LogP contribution in [0.4, 0.5) is 5.69 Å². The number of benzene rings is 1. The number of nitrogens with one attached hydrogen (secondary N) is 2. The van der Waals surface area contributed by atoms with Gasteiger partial charge in [-0.05, 0) is 49.6 Å². The molecule has 0 bridgehead atoms. The quantitative estimate of drug-likeness (QED) is 0.762. The van der Waals surface area contributed by atoms with Gasteiger partial charge in [0.25, 0.3) is 0 Å². The van der Waals surface area contributed by atoms with Crippen LogP contribution in [0.5, 0.6) is 0 Å². The maximum atomic E-state index is 12.5. The lowest BCUT2D eigenvalue weighted by Crippen LogP contribution is -2.44. The minimum atomic E-state index is -3.57. The average molecular weight is 325 g/mol. The maximum Gasteiger partial charge on any atom is 0.240 e. The van der Waals surface area contributed by atoms with Gasteiger partial charge in [0.1, 0.15) is 0 Å². The normalized spacial score (nSPS) is 22.3. The highest BCUT2D eigenvalue weighted by molar-refractivity contribution is 7.89. The monoisotopic (exact) mass is 325 g/mol. The molecule has 1 aromatic carbocycles. The van der Waals surface area contributed by atoms with E-state index in [1.54, 1.807) is 12.1 Å². The van der Waals surface area contributed by atoms with Crippen LogP contribution in [0.2, 0.25) is 0 Å². The first-order valence-corrected chi connectivity index (χ1v) is 9.01. The summed E-state index contributed by atoms with van der Waals surface area (Å²) in [5, 5.41) is 2.61. The molecule has 4 N–H and O–H groups in total. The van der Waals surface area contributed by atoms with Gasteiger partial charge in [0.15, 0.2) is 0 Å². The molecule has 0 saturated heterocycles. The number of hydrogen-bond acceptors (Lipinski definition) is 4. The van der Waals surface area contributed by atoms with Gasteiger partial charge in [-0.1, -0.05) is 12.8 Å². The number of nitrogens with two attached hydrogens (primary N) is 1. The maximum absolute atomic E-state index is 12.5. The number of rotatable bonds is 5. The number of carbonyl (C=O) groups excluding carboxylic acids is 1. The molecule has 0 heterocycles. The third-order valence-electron chi connectivity index (χ3n) is 4.00. The molecular formula is C15H23N3O3S. The summed E-state index contributed by atoms with van der Waals surface area (Å²) in [6, 6.07) is 6.05. The van der Waals surface area contributed by atoms with E-state index in [1.807, 2.05) is 0 Å². The Balaban J connectivity index is 2.10. The molecule has 1 aromatic rings. The second-order valence-electron chi connectivity index (χ2n) is 5.71. The molecule has 122 valence electrons. The van der Waals surface area contributed by atoms with E-state index in [0.29, 0.717) is 12.2 Å². The van der Waals surface area contributed by atoms with E-state index in [9.17, 15) is 13.2 Å². The molecule has 1 amide bonds. The smallest absolute Gasteiger partial charge is 0.240 e. The van der Waals surface area contributed by atoms with Crippen LogP contribution in [0.3, 0.4) is 0 Å². The first-order valence-electron chi connectivity index (χ1n) is 7.52. The highest BCUT2D eigenvalue weighted by Gasteiger charge is 2.28. The lowest BCUT2D eigenvalue weighted by Gasteiger charge is -2.31. The third-order valence-corrected chi connectivity index (χ3v) is 5.51. The lowest BCUT2D eigenvalue weighted by molar-refractivity contribution is -0.114. The Hall–Kier alpha value is -1.44. The molecule has 0 aromatic heterocycles. The van der Waals surface area contributed by atoms with Crippen molar-refractivity contribution < 1.29 is 13.2 Å². The van der Waals surface area contributed by atoms with E-state index in [0.717, 1.165) is 25.7 Å². The van der Waals surface area contributed by atoms with E-state index in [1.165, 1.54) is 19.1 Å². The number of carbonyl (C=O) groups is 1. The molecule has 2 unspecified atom stereocenters. The number of sulfonamides is 1. The summed E-state index contributed by atoms with van der Waals surface area (Å²) < 4.78 is 27.7. The van der Waals surface area contributed by atoms with Crippen molar-refractivity contribution in [3.05, 3.63) is 24.3 Å². The van der Waals surface area contributed by atoms with E-state index in [2.05, 4.69) is 10.0 Å². The SMILES string of the molecule is CC(=O)Nc1ccc(S(=O)(=O)NC2CCCCC2CN)cc1. The zero-order valence-corrected chi connectivity index (χ0v) is 13.5. The zero-order chi connectivity index (χ0) is 16.2. The molecule has 0 aliphatic heterocycles. The van der Waals surface area contributed by atoms with E-state index in [-0.39, 0.29) is 22.8 Å². The summed E-state index contributed by atoms with van der Waals surface area (Å²) in [5.74, 6) is 0.00361. The molecule has 0 spiro atoms. The van der Waals surface area contributed by atoms with Gasteiger partial charge in [-0.3, -0.25) is 4.79 Å². The van der Waals surface area contributed by atoms with Crippen LogP contribution in [0.15, 0.2) is 29.2 Å². The van der Waals surface area contributed by atoms with Crippen LogP contribution in [-0.4, -0.2) is 26.9 Å². The van der Waals surface area contributed by atoms with Crippen LogP contribution in [0.1, 0.15) is 32.6 Å². The molecule has 1 fully saturated rings. The molecule has 1 aliphatic rings. The number of amides is 1. The average Bonchev–Trinajstić information content (AvgIpc) is 2.47. The lowest BCUT2D eigenvalue weighted by atomic mass is 9.85. The van der Waals surface area contributed by atoms with Crippen molar-refractivity contribution in [1.82, 2.24) is 4.72 Å². The first-order chi connectivity index (χ1) is 10.4. The molecule has 0 radical (unpaired) electrons. The number of hydrogen-bond donors (Lipinski definition) is 3. The fourth-order valence-electron chi connectivity index (χ4n) is 2.83. The summed E-state index contributed by atoms with van der Waals surface area (Å²) in [7, 11) is -3.57. The predicted molar refractivity (Wildman–Crippen MR) is 85.9 cm³/mol. The molecule has 1 saturated carbocycles. The van der Waals surface area contributed by atoms with Crippen LogP contribution in [0, 0.1) is 5.92 Å². The van der Waals surface area contributed by atoms with Gasteiger partial charge in [0.2, 0.25) is 15.9 Å². The molecule has 2 rings (SSSR count). The Bertz CT molecular complexity index is 613. The van der Waals surface area contributed by atoms with E-state index in [4.69, 9.17) is 5.73 Å². The van der Waals surface area contributed by atoms with Crippen molar-refractivity contribution in [2.75, 3.05) is 11.9 Å². The fourth-order valence-corrected chi connectivity index (χ4v) is 4.17. The molecule has 1 aliphatic carbocycles. The van der Waals surface area contributed by atoms with Crippen molar-refractivity contribution in [3.8, 4) is 0 Å². The minimum absolute atomic E-state index is 0.0984. The molecule has 22 heavy (non-hydrogen) atoms. The topological polar surface area (TPSA) is 101 Å². The first kappa shape index (κ1) is 16.9. The fraction of sp³-hybridized carbons (Fsp3) is 0.533. The largest absolute Gasteiger partial charge is 0.330 e. The van der Waals surface area contributed by atoms with Gasteiger partial charge in [-0.15, -0.1) is 0 Å². The van der Waals surface area contributed by atoms with Crippen molar-refractivity contribution in [2.45, 2.75) is 43.5 Å². The van der Waals surface area contributed by atoms with Crippen LogP contribution in [0.25, 0.3) is 0 Å². The Labute approximate surface area is 131 Å². The summed E-state index contributed by atoms with van der Waals surface area (Å²) in [5.41, 5.74) is 6.32. The highest BCUT2D eigenvalue weighted by Crippen LogP contribution is 2.25. The van der Waals surface area contributed by atoms with Crippen molar-refractivity contribution in [1.29, 1.82) is 0 Å². The van der Waals surface area contributed by atoms with E-state index < -0.39 is 10.0 Å². The number of anilines is 1. The second-order valence-corrected chi connectivity index (χ2v) is 7.43. The molecule has 2 atom stereocenters. The van der Waals surface area contributed by atoms with Gasteiger partial charge in [0, 0.05) is 18.7 Å². The zero-order valence-electron chi connectivity index (χ0n) is 12.7. The van der Waals surface area contributed by atoms with Gasteiger partial charge in [0.05, 0.1) is 4.90 Å². The summed E-state index contributed by atoms with van der Waals surface area (Å²) in [4.78, 5) is 11.2. The van der Waals surface area contributed by atoms with Crippen molar-refractivity contribution >= 4 is 21.6 Å². The summed E-state index contributed by atoms with van der Waals surface area (Å²) in [6.07, 6.45) is 3.91. The third kappa shape index (κ3) is 4.28. The molecular weight excluding hydrogens is 302 g/mol. The van der Waals surface area contributed by atoms with E-state index >= 15 is 0 Å². The molecule has 6 nitrogen and oxygen atoms in total. The predicted octanol–water partition coefficient (Wildman–Crippen LogP) is 1.44. The van der Waals surface area contributed by atoms with Crippen molar-refractivity contribution in [2.24, 2.45) is 11.7 Å².